The van der Waals surface area contributed by atoms with Crippen LogP contribution in [0.25, 0.3) is 0 Å². The lowest BCUT2D eigenvalue weighted by atomic mass is 10.2. The Kier molecular flexibility index (Phi) is 6.44. The van der Waals surface area contributed by atoms with Crippen molar-refractivity contribution in [1.82, 2.24) is 9.88 Å². The van der Waals surface area contributed by atoms with Crippen LogP contribution in [0, 0.1) is 6.92 Å². The fraction of sp³-hybridized carbons (Fsp3) is 0.368. The van der Waals surface area contributed by atoms with Gasteiger partial charge in [-0.3, -0.25) is 9.69 Å². The number of hydrogen-bond donors (Lipinski definition) is 2. The van der Waals surface area contributed by atoms with Crippen LogP contribution < -0.4 is 10.6 Å². The third kappa shape index (κ3) is 5.17. The Balaban J connectivity index is 1.49. The highest BCUT2D eigenvalue weighted by atomic mass is 35.5. The van der Waals surface area contributed by atoms with Crippen LogP contribution in [0.4, 0.5) is 11.5 Å². The molecule has 0 unspecified atom stereocenters. The van der Waals surface area contributed by atoms with Gasteiger partial charge in [-0.1, -0.05) is 17.7 Å². The summed E-state index contributed by atoms with van der Waals surface area (Å²) in [6.07, 6.45) is 1.57. The number of carbonyl (C=O) groups excluding carboxylic acids is 1. The first kappa shape index (κ1) is 18.6. The van der Waals surface area contributed by atoms with Gasteiger partial charge in [0, 0.05) is 43.1 Å². The highest BCUT2D eigenvalue weighted by molar-refractivity contribution is 6.31. The molecule has 0 aliphatic carbocycles. The van der Waals surface area contributed by atoms with E-state index in [1.54, 1.807) is 18.3 Å². The van der Waals surface area contributed by atoms with Crippen LogP contribution in [-0.4, -0.2) is 55.2 Å². The molecular weight excluding hydrogens is 352 g/mol. The summed E-state index contributed by atoms with van der Waals surface area (Å²) in [5.41, 5.74) is 2.14. The molecule has 1 aromatic carbocycles. The van der Waals surface area contributed by atoms with E-state index < -0.39 is 0 Å². The SMILES string of the molecule is Cc1ccc(NC(=O)c2ccc(NCCN3CCOCC3)nc2)cc1Cl. The van der Waals surface area contributed by atoms with Gasteiger partial charge < -0.3 is 15.4 Å². The van der Waals surface area contributed by atoms with E-state index in [1.807, 2.05) is 25.1 Å². The number of aryl methyl sites for hydroxylation is 1. The molecule has 0 atom stereocenters. The van der Waals surface area contributed by atoms with Gasteiger partial charge in [0.25, 0.3) is 5.91 Å². The second-order valence-electron chi connectivity index (χ2n) is 6.23. The Labute approximate surface area is 158 Å². The first-order chi connectivity index (χ1) is 12.6. The maximum atomic E-state index is 12.3. The zero-order chi connectivity index (χ0) is 18.4. The fourth-order valence-corrected chi connectivity index (χ4v) is 2.85. The zero-order valence-electron chi connectivity index (χ0n) is 14.8. The molecule has 1 aliphatic heterocycles. The molecule has 3 rings (SSSR count). The number of nitrogens with zero attached hydrogens (tertiary/aromatic N) is 2. The van der Waals surface area contributed by atoms with Crippen molar-refractivity contribution in [2.75, 3.05) is 50.0 Å². The average molecular weight is 375 g/mol. The number of ether oxygens (including phenoxy) is 1. The van der Waals surface area contributed by atoms with E-state index in [4.69, 9.17) is 16.3 Å². The van der Waals surface area contributed by atoms with E-state index in [0.717, 1.165) is 50.8 Å². The Bertz CT molecular complexity index is 746. The first-order valence-electron chi connectivity index (χ1n) is 8.69. The first-order valence-corrected chi connectivity index (χ1v) is 9.07. The van der Waals surface area contributed by atoms with E-state index in [0.29, 0.717) is 16.3 Å². The number of rotatable bonds is 6. The van der Waals surface area contributed by atoms with Crippen LogP contribution in [0.5, 0.6) is 0 Å². The smallest absolute Gasteiger partial charge is 0.257 e. The number of halogens is 1. The van der Waals surface area contributed by atoms with Gasteiger partial charge in [0.15, 0.2) is 0 Å². The van der Waals surface area contributed by atoms with E-state index in [-0.39, 0.29) is 5.91 Å². The van der Waals surface area contributed by atoms with Gasteiger partial charge in [0.2, 0.25) is 0 Å². The Morgan fingerprint density at radius 1 is 1.27 bits per heavy atom. The Morgan fingerprint density at radius 2 is 2.08 bits per heavy atom. The molecule has 0 saturated carbocycles. The van der Waals surface area contributed by atoms with Crippen molar-refractivity contribution in [3.05, 3.63) is 52.7 Å². The predicted molar refractivity (Wildman–Crippen MR) is 104 cm³/mol. The number of amides is 1. The summed E-state index contributed by atoms with van der Waals surface area (Å²) in [4.78, 5) is 19.0. The summed E-state index contributed by atoms with van der Waals surface area (Å²) in [6, 6.07) is 9.01. The molecule has 2 heterocycles. The number of anilines is 2. The molecule has 2 aromatic rings. The molecule has 6 nitrogen and oxygen atoms in total. The molecular formula is C19H23ClN4O2. The minimum Gasteiger partial charge on any atom is -0.379 e. The highest BCUT2D eigenvalue weighted by Gasteiger charge is 2.10. The Morgan fingerprint density at radius 3 is 2.77 bits per heavy atom. The monoisotopic (exact) mass is 374 g/mol. The van der Waals surface area contributed by atoms with Crippen molar-refractivity contribution in [1.29, 1.82) is 0 Å². The number of aromatic nitrogens is 1. The van der Waals surface area contributed by atoms with E-state index in [9.17, 15) is 4.79 Å². The van der Waals surface area contributed by atoms with Crippen molar-refractivity contribution in [3.8, 4) is 0 Å². The normalized spacial score (nSPS) is 14.8. The summed E-state index contributed by atoms with van der Waals surface area (Å²) < 4.78 is 5.34. The number of hydrogen-bond acceptors (Lipinski definition) is 5. The largest absolute Gasteiger partial charge is 0.379 e. The van der Waals surface area contributed by atoms with Gasteiger partial charge in [-0.25, -0.2) is 4.98 Å². The van der Waals surface area contributed by atoms with Crippen molar-refractivity contribution < 1.29 is 9.53 Å². The van der Waals surface area contributed by atoms with Gasteiger partial charge in [-0.15, -0.1) is 0 Å². The lowest BCUT2D eigenvalue weighted by Gasteiger charge is -2.26. The molecule has 0 spiro atoms. The molecule has 0 radical (unpaired) electrons. The second-order valence-corrected chi connectivity index (χ2v) is 6.64. The van der Waals surface area contributed by atoms with Gasteiger partial charge in [-0.2, -0.15) is 0 Å². The quantitative estimate of drug-likeness (QED) is 0.813. The van der Waals surface area contributed by atoms with Gasteiger partial charge in [-0.05, 0) is 36.8 Å². The van der Waals surface area contributed by atoms with Gasteiger partial charge in [0.05, 0.1) is 18.8 Å². The molecule has 26 heavy (non-hydrogen) atoms. The summed E-state index contributed by atoms with van der Waals surface area (Å²) in [6.45, 7) is 7.21. The summed E-state index contributed by atoms with van der Waals surface area (Å²) in [7, 11) is 0. The molecule has 0 bridgehead atoms. The van der Waals surface area contributed by atoms with Crippen molar-refractivity contribution >= 4 is 29.0 Å². The number of morpholine rings is 1. The molecule has 1 aliphatic rings. The second kappa shape index (κ2) is 8.98. The van der Waals surface area contributed by atoms with Crippen LogP contribution in [0.15, 0.2) is 36.5 Å². The molecule has 1 saturated heterocycles. The molecule has 1 aromatic heterocycles. The highest BCUT2D eigenvalue weighted by Crippen LogP contribution is 2.20. The van der Waals surface area contributed by atoms with Crippen LogP contribution in [0.3, 0.4) is 0 Å². The maximum absolute atomic E-state index is 12.3. The van der Waals surface area contributed by atoms with Gasteiger partial charge in [0.1, 0.15) is 5.82 Å². The van der Waals surface area contributed by atoms with Crippen molar-refractivity contribution in [3.63, 3.8) is 0 Å². The standard InChI is InChI=1S/C19H23ClN4O2/c1-14-2-4-16(12-17(14)20)23-19(25)15-3-5-18(22-13-15)21-6-7-24-8-10-26-11-9-24/h2-5,12-13H,6-11H2,1H3,(H,21,22)(H,23,25). The molecule has 2 N–H and O–H groups in total. The topological polar surface area (TPSA) is 66.5 Å². The van der Waals surface area contributed by atoms with E-state index in [2.05, 4.69) is 20.5 Å². The predicted octanol–water partition coefficient (Wildman–Crippen LogP) is 3.04. The van der Waals surface area contributed by atoms with Crippen molar-refractivity contribution in [2.24, 2.45) is 0 Å². The van der Waals surface area contributed by atoms with Crippen LogP contribution in [0.2, 0.25) is 5.02 Å². The lowest BCUT2D eigenvalue weighted by Crippen LogP contribution is -2.39. The fourth-order valence-electron chi connectivity index (χ4n) is 2.67. The van der Waals surface area contributed by atoms with Crippen LogP contribution in [-0.2, 0) is 4.74 Å². The Hall–Kier alpha value is -2.15. The van der Waals surface area contributed by atoms with E-state index in [1.165, 1.54) is 0 Å². The summed E-state index contributed by atoms with van der Waals surface area (Å²) >= 11 is 6.09. The third-order valence-electron chi connectivity index (χ3n) is 4.29. The van der Waals surface area contributed by atoms with Crippen molar-refractivity contribution in [2.45, 2.75) is 6.92 Å². The maximum Gasteiger partial charge on any atom is 0.257 e. The van der Waals surface area contributed by atoms with Crippen LogP contribution >= 0.6 is 11.6 Å². The number of nitrogens with one attached hydrogen (secondary N) is 2. The number of benzene rings is 1. The van der Waals surface area contributed by atoms with E-state index >= 15 is 0 Å². The third-order valence-corrected chi connectivity index (χ3v) is 4.70. The minimum absolute atomic E-state index is 0.211. The van der Waals surface area contributed by atoms with Gasteiger partial charge >= 0.3 is 0 Å². The zero-order valence-corrected chi connectivity index (χ0v) is 15.6. The van der Waals surface area contributed by atoms with Crippen LogP contribution in [0.1, 0.15) is 15.9 Å². The lowest BCUT2D eigenvalue weighted by molar-refractivity contribution is 0.0398. The molecule has 1 fully saturated rings. The average Bonchev–Trinajstić information content (AvgIpc) is 2.66. The molecule has 7 heteroatoms. The number of pyridine rings is 1. The molecule has 1 amide bonds. The minimum atomic E-state index is -0.211. The summed E-state index contributed by atoms with van der Waals surface area (Å²) in [5, 5.41) is 6.73. The number of carbonyl (C=O) groups is 1. The summed E-state index contributed by atoms with van der Waals surface area (Å²) in [5.74, 6) is 0.547. The molecule has 138 valence electrons.